The van der Waals surface area contributed by atoms with Crippen molar-refractivity contribution in [3.63, 3.8) is 0 Å². The second kappa shape index (κ2) is 8.13. The van der Waals surface area contributed by atoms with E-state index in [0.29, 0.717) is 22.5 Å². The minimum atomic E-state index is 0.133. The van der Waals surface area contributed by atoms with E-state index in [4.69, 9.17) is 16.3 Å². The van der Waals surface area contributed by atoms with Gasteiger partial charge in [-0.2, -0.15) is 0 Å². The number of carbonyl (C=O) groups excluding carboxylic acids is 1. The lowest BCUT2D eigenvalue weighted by atomic mass is 10.0. The number of halogens is 1. The fourth-order valence-corrected chi connectivity index (χ4v) is 5.28. The van der Waals surface area contributed by atoms with E-state index in [9.17, 15) is 4.79 Å². The smallest absolute Gasteiger partial charge is 0.274 e. The molecule has 6 heteroatoms. The molecule has 1 saturated carbocycles. The molecule has 1 saturated heterocycles. The van der Waals surface area contributed by atoms with Crippen molar-refractivity contribution in [1.29, 1.82) is 0 Å². The van der Waals surface area contributed by atoms with Gasteiger partial charge in [0.2, 0.25) is 5.91 Å². The van der Waals surface area contributed by atoms with Crippen LogP contribution >= 0.6 is 22.9 Å². The summed E-state index contributed by atoms with van der Waals surface area (Å²) < 4.78 is 7.12. The Kier molecular flexibility index (Phi) is 5.65. The number of thiazole rings is 1. The highest BCUT2D eigenvalue weighted by atomic mass is 35.5. The van der Waals surface area contributed by atoms with Crippen LogP contribution in [0.3, 0.4) is 0 Å². The van der Waals surface area contributed by atoms with Gasteiger partial charge in [0, 0.05) is 32.4 Å². The van der Waals surface area contributed by atoms with Crippen LogP contribution < -0.4 is 4.74 Å². The highest BCUT2D eigenvalue weighted by Gasteiger charge is 2.25. The molecule has 0 radical (unpaired) electrons. The molecule has 140 valence electrons. The van der Waals surface area contributed by atoms with Crippen molar-refractivity contribution in [1.82, 2.24) is 9.88 Å². The van der Waals surface area contributed by atoms with E-state index >= 15 is 0 Å². The fraction of sp³-hybridized carbons (Fsp3) is 0.600. The maximum atomic E-state index is 12.4. The van der Waals surface area contributed by atoms with Gasteiger partial charge in [0.25, 0.3) is 5.19 Å². The highest BCUT2D eigenvalue weighted by Crippen LogP contribution is 2.33. The number of para-hydroxylation sites is 1. The Labute approximate surface area is 163 Å². The summed E-state index contributed by atoms with van der Waals surface area (Å²) >= 11 is 7.72. The predicted molar refractivity (Wildman–Crippen MR) is 106 cm³/mol. The number of benzene rings is 1. The van der Waals surface area contributed by atoms with Gasteiger partial charge in [0.1, 0.15) is 11.6 Å². The zero-order chi connectivity index (χ0) is 17.9. The third-order valence-corrected chi connectivity index (χ3v) is 6.87. The summed E-state index contributed by atoms with van der Waals surface area (Å²) in [7, 11) is 0. The minimum absolute atomic E-state index is 0.133. The van der Waals surface area contributed by atoms with Crippen LogP contribution in [0.1, 0.15) is 51.4 Å². The molecular formula is C20H25ClN2O2S. The van der Waals surface area contributed by atoms with Crippen molar-refractivity contribution in [2.45, 2.75) is 57.5 Å². The molecule has 0 bridgehead atoms. The Morgan fingerprint density at radius 3 is 2.73 bits per heavy atom. The van der Waals surface area contributed by atoms with Crippen molar-refractivity contribution in [3.8, 4) is 5.19 Å². The van der Waals surface area contributed by atoms with E-state index in [0.717, 1.165) is 48.5 Å². The minimum Gasteiger partial charge on any atom is -0.467 e. The van der Waals surface area contributed by atoms with Crippen LogP contribution in [0.5, 0.6) is 5.19 Å². The van der Waals surface area contributed by atoms with Gasteiger partial charge in [0.05, 0.1) is 9.72 Å². The Hall–Kier alpha value is -1.33. The molecule has 1 aromatic heterocycles. The molecule has 2 aromatic rings. The molecule has 0 atom stereocenters. The zero-order valence-electron chi connectivity index (χ0n) is 15.0. The largest absolute Gasteiger partial charge is 0.467 e. The molecule has 0 spiro atoms. The SMILES string of the molecule is O=C(CCC1CCCC1)N1CCC(Oc2nc3c(Cl)cccc3s2)CC1. The lowest BCUT2D eigenvalue weighted by Crippen LogP contribution is -2.41. The number of carbonyl (C=O) groups is 1. The number of nitrogens with zero attached hydrogens (tertiary/aromatic N) is 2. The van der Waals surface area contributed by atoms with Crippen LogP contribution in [-0.4, -0.2) is 35.0 Å². The molecule has 1 aliphatic carbocycles. The number of aromatic nitrogens is 1. The molecule has 2 aliphatic rings. The molecule has 2 heterocycles. The molecule has 4 nitrogen and oxygen atoms in total. The topological polar surface area (TPSA) is 42.4 Å². The first-order valence-electron chi connectivity index (χ1n) is 9.68. The average molecular weight is 393 g/mol. The lowest BCUT2D eigenvalue weighted by molar-refractivity contribution is -0.133. The summed E-state index contributed by atoms with van der Waals surface area (Å²) in [4.78, 5) is 19.0. The van der Waals surface area contributed by atoms with Crippen LogP contribution in [0.4, 0.5) is 0 Å². The van der Waals surface area contributed by atoms with Crippen molar-refractivity contribution in [3.05, 3.63) is 23.2 Å². The first-order valence-corrected chi connectivity index (χ1v) is 10.9. The first-order chi connectivity index (χ1) is 12.7. The van der Waals surface area contributed by atoms with E-state index < -0.39 is 0 Å². The van der Waals surface area contributed by atoms with Crippen LogP contribution in [0.25, 0.3) is 10.2 Å². The number of likely N-dealkylation sites (tertiary alicyclic amines) is 1. The summed E-state index contributed by atoms with van der Waals surface area (Å²) in [5, 5.41) is 1.34. The molecule has 26 heavy (non-hydrogen) atoms. The van der Waals surface area contributed by atoms with Gasteiger partial charge >= 0.3 is 0 Å². The molecular weight excluding hydrogens is 368 g/mol. The van der Waals surface area contributed by atoms with Gasteiger partial charge in [-0.1, -0.05) is 54.7 Å². The maximum absolute atomic E-state index is 12.4. The summed E-state index contributed by atoms with van der Waals surface area (Å²) in [5.74, 6) is 1.10. The number of hydrogen-bond donors (Lipinski definition) is 0. The predicted octanol–water partition coefficient (Wildman–Crippen LogP) is 5.29. The Morgan fingerprint density at radius 2 is 2.00 bits per heavy atom. The normalized spacial score (nSPS) is 19.3. The molecule has 2 fully saturated rings. The average Bonchev–Trinajstić information content (AvgIpc) is 3.30. The van der Waals surface area contributed by atoms with E-state index in [-0.39, 0.29) is 6.10 Å². The second-order valence-electron chi connectivity index (χ2n) is 7.45. The first kappa shape index (κ1) is 18.1. The van der Waals surface area contributed by atoms with E-state index in [2.05, 4.69) is 4.98 Å². The molecule has 4 rings (SSSR count). The Balaban J connectivity index is 1.26. The lowest BCUT2D eigenvalue weighted by Gasteiger charge is -2.32. The van der Waals surface area contributed by atoms with Crippen LogP contribution in [0.15, 0.2) is 18.2 Å². The molecule has 1 aromatic carbocycles. The van der Waals surface area contributed by atoms with Gasteiger partial charge in [-0.3, -0.25) is 4.79 Å². The number of rotatable bonds is 5. The van der Waals surface area contributed by atoms with Crippen LogP contribution in [0, 0.1) is 5.92 Å². The van der Waals surface area contributed by atoms with Crippen molar-refractivity contribution < 1.29 is 9.53 Å². The summed E-state index contributed by atoms with van der Waals surface area (Å²) in [6.45, 7) is 1.58. The molecule has 1 amide bonds. The number of ether oxygens (including phenoxy) is 1. The van der Waals surface area contributed by atoms with Gasteiger partial charge in [0.15, 0.2) is 0 Å². The summed E-state index contributed by atoms with van der Waals surface area (Å²) in [5.41, 5.74) is 0.814. The van der Waals surface area contributed by atoms with E-state index in [1.54, 1.807) is 0 Å². The van der Waals surface area contributed by atoms with E-state index in [1.165, 1.54) is 37.0 Å². The highest BCUT2D eigenvalue weighted by molar-refractivity contribution is 7.20. The maximum Gasteiger partial charge on any atom is 0.274 e. The zero-order valence-corrected chi connectivity index (χ0v) is 16.5. The monoisotopic (exact) mass is 392 g/mol. The van der Waals surface area contributed by atoms with Crippen LogP contribution in [-0.2, 0) is 4.79 Å². The van der Waals surface area contributed by atoms with Crippen molar-refractivity contribution in [2.24, 2.45) is 5.92 Å². The van der Waals surface area contributed by atoms with Gasteiger partial charge < -0.3 is 9.64 Å². The number of amides is 1. The molecule has 0 unspecified atom stereocenters. The molecule has 1 aliphatic heterocycles. The summed E-state index contributed by atoms with van der Waals surface area (Å²) in [6, 6.07) is 5.79. The van der Waals surface area contributed by atoms with Crippen molar-refractivity contribution >= 4 is 39.1 Å². The second-order valence-corrected chi connectivity index (χ2v) is 8.85. The fourth-order valence-electron chi connectivity index (χ4n) is 4.10. The van der Waals surface area contributed by atoms with Gasteiger partial charge in [-0.25, -0.2) is 4.98 Å². The summed E-state index contributed by atoms with van der Waals surface area (Å²) in [6.07, 6.45) is 8.99. The quantitative estimate of drug-likeness (QED) is 0.694. The number of fused-ring (bicyclic) bond motifs is 1. The van der Waals surface area contributed by atoms with Gasteiger partial charge in [-0.05, 0) is 24.5 Å². The van der Waals surface area contributed by atoms with E-state index in [1.807, 2.05) is 23.1 Å². The molecule has 0 N–H and O–H groups in total. The van der Waals surface area contributed by atoms with Crippen LogP contribution in [0.2, 0.25) is 5.02 Å². The third-order valence-electron chi connectivity index (χ3n) is 5.65. The van der Waals surface area contributed by atoms with Crippen molar-refractivity contribution in [2.75, 3.05) is 13.1 Å². The van der Waals surface area contributed by atoms with Gasteiger partial charge in [-0.15, -0.1) is 0 Å². The number of piperidine rings is 1. The standard InChI is InChI=1S/C20H25ClN2O2S/c21-16-6-3-7-17-19(16)22-20(26-17)25-15-10-12-23(13-11-15)18(24)9-8-14-4-1-2-5-14/h3,6-7,14-15H,1-2,4-5,8-13H2. The third kappa shape index (κ3) is 4.15. The number of hydrogen-bond acceptors (Lipinski definition) is 4. The Morgan fingerprint density at radius 1 is 1.23 bits per heavy atom. The Bertz CT molecular complexity index is 764.